The first-order valence-corrected chi connectivity index (χ1v) is 6.65. The summed E-state index contributed by atoms with van der Waals surface area (Å²) in [6.45, 7) is 4.42. The summed E-state index contributed by atoms with van der Waals surface area (Å²) in [7, 11) is 0. The zero-order valence-electron chi connectivity index (χ0n) is 12.0. The Hall–Kier alpha value is -2.70. The normalized spacial score (nSPS) is 10.8. The van der Waals surface area contributed by atoms with Gasteiger partial charge in [0.25, 0.3) is 0 Å². The van der Waals surface area contributed by atoms with Crippen molar-refractivity contribution in [3.05, 3.63) is 46.0 Å². The number of hydrogen-bond donors (Lipinski definition) is 2. The van der Waals surface area contributed by atoms with Crippen LogP contribution in [0.1, 0.15) is 24.6 Å². The Kier molecular flexibility index (Phi) is 5.03. The van der Waals surface area contributed by atoms with Crippen molar-refractivity contribution < 1.29 is 4.74 Å². The Morgan fingerprint density at radius 2 is 2.24 bits per heavy atom. The molecule has 0 spiro atoms. The third kappa shape index (κ3) is 4.13. The maximum atomic E-state index is 11.1. The van der Waals surface area contributed by atoms with Crippen LogP contribution in [-0.2, 0) is 0 Å². The largest absolute Gasteiger partial charge is 0.493 e. The highest BCUT2D eigenvalue weighted by Gasteiger charge is 2.02. The average molecular weight is 287 g/mol. The SMILES string of the molecule is CCCOc1ccccc1C=NNc1nc(=O)[nH]nc1C. The van der Waals surface area contributed by atoms with Gasteiger partial charge in [0.2, 0.25) is 0 Å². The fraction of sp³-hybridized carbons (Fsp3) is 0.286. The molecule has 0 aliphatic carbocycles. The van der Waals surface area contributed by atoms with Crippen molar-refractivity contribution in [1.29, 1.82) is 0 Å². The second-order valence-electron chi connectivity index (χ2n) is 4.33. The van der Waals surface area contributed by atoms with E-state index < -0.39 is 5.69 Å². The number of nitrogens with one attached hydrogen (secondary N) is 2. The lowest BCUT2D eigenvalue weighted by molar-refractivity contribution is 0.317. The minimum absolute atomic E-state index is 0.321. The van der Waals surface area contributed by atoms with E-state index in [0.717, 1.165) is 17.7 Å². The molecule has 0 unspecified atom stereocenters. The number of hydrogen-bond acceptors (Lipinski definition) is 6. The summed E-state index contributed by atoms with van der Waals surface area (Å²) in [6, 6.07) is 7.59. The highest BCUT2D eigenvalue weighted by atomic mass is 16.5. The number of anilines is 1. The highest BCUT2D eigenvalue weighted by Crippen LogP contribution is 2.16. The van der Waals surface area contributed by atoms with Gasteiger partial charge in [0.05, 0.1) is 12.8 Å². The van der Waals surface area contributed by atoms with Crippen molar-refractivity contribution in [2.45, 2.75) is 20.3 Å². The van der Waals surface area contributed by atoms with Gasteiger partial charge >= 0.3 is 5.69 Å². The molecule has 1 aromatic heterocycles. The van der Waals surface area contributed by atoms with Crippen LogP contribution in [0.3, 0.4) is 0 Å². The molecule has 0 saturated carbocycles. The number of aryl methyl sites for hydroxylation is 1. The van der Waals surface area contributed by atoms with Crippen LogP contribution < -0.4 is 15.9 Å². The van der Waals surface area contributed by atoms with Gasteiger partial charge in [0, 0.05) is 5.56 Å². The van der Waals surface area contributed by atoms with Crippen molar-refractivity contribution in [2.24, 2.45) is 5.10 Å². The van der Waals surface area contributed by atoms with E-state index in [4.69, 9.17) is 4.74 Å². The Morgan fingerprint density at radius 1 is 1.43 bits per heavy atom. The lowest BCUT2D eigenvalue weighted by Crippen LogP contribution is -2.15. The minimum atomic E-state index is -0.523. The number of ether oxygens (including phenoxy) is 1. The molecule has 0 amide bonds. The molecular weight excluding hydrogens is 270 g/mol. The maximum absolute atomic E-state index is 11.1. The smallest absolute Gasteiger partial charge is 0.363 e. The molecular formula is C14H17N5O2. The van der Waals surface area contributed by atoms with Crippen LogP contribution in [0.2, 0.25) is 0 Å². The molecule has 0 bridgehead atoms. The van der Waals surface area contributed by atoms with Gasteiger partial charge in [-0.1, -0.05) is 19.1 Å². The molecule has 21 heavy (non-hydrogen) atoms. The van der Waals surface area contributed by atoms with Crippen LogP contribution in [0.4, 0.5) is 5.82 Å². The summed E-state index contributed by atoms with van der Waals surface area (Å²) in [5, 5.41) is 10.1. The second-order valence-corrected chi connectivity index (χ2v) is 4.33. The topological polar surface area (TPSA) is 92.3 Å². The van der Waals surface area contributed by atoms with Crippen LogP contribution in [0.15, 0.2) is 34.2 Å². The van der Waals surface area contributed by atoms with E-state index in [1.807, 2.05) is 31.2 Å². The number of H-pyrrole nitrogens is 1. The highest BCUT2D eigenvalue weighted by molar-refractivity contribution is 5.83. The molecule has 1 heterocycles. The number of aromatic nitrogens is 3. The molecule has 1 aromatic carbocycles. The van der Waals surface area contributed by atoms with Gasteiger partial charge in [-0.15, -0.1) is 0 Å². The van der Waals surface area contributed by atoms with Crippen molar-refractivity contribution in [3.63, 3.8) is 0 Å². The van der Waals surface area contributed by atoms with Crippen molar-refractivity contribution in [2.75, 3.05) is 12.0 Å². The molecule has 2 rings (SSSR count). The lowest BCUT2D eigenvalue weighted by Gasteiger charge is -2.07. The number of benzene rings is 1. The van der Waals surface area contributed by atoms with E-state index in [1.165, 1.54) is 0 Å². The van der Waals surface area contributed by atoms with Crippen molar-refractivity contribution >= 4 is 12.0 Å². The first-order valence-electron chi connectivity index (χ1n) is 6.65. The Balaban J connectivity index is 2.11. The van der Waals surface area contributed by atoms with Crippen LogP contribution in [-0.4, -0.2) is 28.0 Å². The molecule has 0 saturated heterocycles. The van der Waals surface area contributed by atoms with Crippen LogP contribution in [0.25, 0.3) is 0 Å². The number of nitrogens with zero attached hydrogens (tertiary/aromatic N) is 3. The van der Waals surface area contributed by atoms with Gasteiger partial charge in [-0.2, -0.15) is 15.2 Å². The van der Waals surface area contributed by atoms with E-state index in [0.29, 0.717) is 18.1 Å². The zero-order chi connectivity index (χ0) is 15.1. The molecule has 0 aliphatic heterocycles. The van der Waals surface area contributed by atoms with E-state index >= 15 is 0 Å². The quantitative estimate of drug-likeness (QED) is 0.623. The van der Waals surface area contributed by atoms with Crippen molar-refractivity contribution in [1.82, 2.24) is 15.2 Å². The van der Waals surface area contributed by atoms with Gasteiger partial charge in [0.15, 0.2) is 5.82 Å². The van der Waals surface area contributed by atoms with E-state index in [9.17, 15) is 4.79 Å². The summed E-state index contributed by atoms with van der Waals surface area (Å²) in [4.78, 5) is 14.9. The van der Waals surface area contributed by atoms with Gasteiger partial charge in [-0.25, -0.2) is 9.89 Å². The molecule has 0 atom stereocenters. The summed E-state index contributed by atoms with van der Waals surface area (Å²) in [5.74, 6) is 1.08. The third-order valence-electron chi connectivity index (χ3n) is 2.63. The predicted octanol–water partition coefficient (Wildman–Crippen LogP) is 1.71. The number of rotatable bonds is 6. The Labute approximate surface area is 122 Å². The Morgan fingerprint density at radius 3 is 3.05 bits per heavy atom. The summed E-state index contributed by atoms with van der Waals surface area (Å²) in [5.41, 5.74) is 3.58. The lowest BCUT2D eigenvalue weighted by atomic mass is 10.2. The molecule has 2 N–H and O–H groups in total. The Bertz CT molecular complexity index is 681. The fourth-order valence-electron chi connectivity index (χ4n) is 1.59. The molecule has 2 aromatic rings. The molecule has 110 valence electrons. The summed E-state index contributed by atoms with van der Waals surface area (Å²) < 4.78 is 5.63. The first kappa shape index (κ1) is 14.7. The van der Waals surface area contributed by atoms with Gasteiger partial charge in [-0.3, -0.25) is 5.43 Å². The molecule has 7 heteroatoms. The van der Waals surface area contributed by atoms with Gasteiger partial charge in [-0.05, 0) is 25.5 Å². The van der Waals surface area contributed by atoms with E-state index in [2.05, 4.69) is 25.7 Å². The summed E-state index contributed by atoms with van der Waals surface area (Å²) >= 11 is 0. The number of aromatic amines is 1. The fourth-order valence-corrected chi connectivity index (χ4v) is 1.59. The van der Waals surface area contributed by atoms with E-state index in [-0.39, 0.29) is 0 Å². The predicted molar refractivity (Wildman–Crippen MR) is 80.8 cm³/mol. The second kappa shape index (κ2) is 7.18. The third-order valence-corrected chi connectivity index (χ3v) is 2.63. The monoisotopic (exact) mass is 287 g/mol. The van der Waals surface area contributed by atoms with E-state index in [1.54, 1.807) is 13.1 Å². The van der Waals surface area contributed by atoms with Crippen LogP contribution in [0, 0.1) is 6.92 Å². The molecule has 0 aliphatic rings. The first-order chi connectivity index (χ1) is 10.2. The van der Waals surface area contributed by atoms with Gasteiger partial charge in [0.1, 0.15) is 11.4 Å². The maximum Gasteiger partial charge on any atom is 0.363 e. The standard InChI is InChI=1S/C14H17N5O2/c1-3-8-21-12-7-5-4-6-11(12)9-15-18-13-10(2)17-19-14(20)16-13/h4-7,9H,3,8H2,1-2H3,(H2,16,18,19,20). The number of hydrazone groups is 1. The molecule has 7 nitrogen and oxygen atoms in total. The summed E-state index contributed by atoms with van der Waals surface area (Å²) in [6.07, 6.45) is 2.55. The number of para-hydroxylation sites is 1. The molecule has 0 radical (unpaired) electrons. The minimum Gasteiger partial charge on any atom is -0.493 e. The zero-order valence-corrected chi connectivity index (χ0v) is 12.0. The molecule has 0 fully saturated rings. The van der Waals surface area contributed by atoms with Crippen LogP contribution in [0.5, 0.6) is 5.75 Å². The van der Waals surface area contributed by atoms with Gasteiger partial charge < -0.3 is 4.74 Å². The average Bonchev–Trinajstić information content (AvgIpc) is 2.50. The van der Waals surface area contributed by atoms with Crippen LogP contribution >= 0.6 is 0 Å². The van der Waals surface area contributed by atoms with Crippen molar-refractivity contribution in [3.8, 4) is 5.75 Å².